The number of esters is 1. The van der Waals surface area contributed by atoms with E-state index < -0.39 is 33.3 Å². The lowest BCUT2D eigenvalue weighted by Gasteiger charge is -2.13. The fourth-order valence-corrected chi connectivity index (χ4v) is 2.83. The highest BCUT2D eigenvalue weighted by molar-refractivity contribution is 7.90. The Morgan fingerprint density at radius 1 is 1.47 bits per heavy atom. The third kappa shape index (κ3) is 4.31. The topological polar surface area (TPSA) is 110 Å². The van der Waals surface area contributed by atoms with Crippen LogP contribution in [-0.2, 0) is 24.3 Å². The summed E-state index contributed by atoms with van der Waals surface area (Å²) < 4.78 is 29.5. The molecule has 0 heterocycles. The Balaban J connectivity index is 2.54. The summed E-state index contributed by atoms with van der Waals surface area (Å²) in [6.45, 7) is 0. The highest BCUT2D eigenvalue weighted by atomic mass is 32.2. The second-order valence-corrected chi connectivity index (χ2v) is 5.86. The number of carboxylic acid groups (broad SMARTS) is 1. The molecule has 0 aliphatic heterocycles. The van der Waals surface area contributed by atoms with Gasteiger partial charge in [0.1, 0.15) is 6.04 Å². The number of hydrogen-bond donors (Lipinski definition) is 2. The minimum atomic E-state index is -3.57. The summed E-state index contributed by atoms with van der Waals surface area (Å²) in [6.07, 6.45) is 0.853. The van der Waals surface area contributed by atoms with Gasteiger partial charge in [0.05, 0.1) is 12.4 Å². The van der Waals surface area contributed by atoms with Gasteiger partial charge < -0.3 is 9.84 Å². The molecule has 8 heteroatoms. The Labute approximate surface area is 99.2 Å². The minimum Gasteiger partial charge on any atom is -0.480 e. The van der Waals surface area contributed by atoms with Gasteiger partial charge in [0.25, 0.3) is 0 Å². The molecular formula is C9H15NO6S. The first-order valence-electron chi connectivity index (χ1n) is 5.17. The lowest BCUT2D eigenvalue weighted by Crippen LogP contribution is -2.42. The van der Waals surface area contributed by atoms with Crippen LogP contribution in [0.15, 0.2) is 0 Å². The maximum Gasteiger partial charge on any atom is 0.321 e. The first kappa shape index (κ1) is 13.9. The van der Waals surface area contributed by atoms with E-state index in [0.717, 1.165) is 0 Å². The van der Waals surface area contributed by atoms with Crippen LogP contribution in [0, 0.1) is 0 Å². The van der Waals surface area contributed by atoms with E-state index in [1.165, 1.54) is 7.11 Å². The van der Waals surface area contributed by atoms with E-state index in [9.17, 15) is 18.0 Å². The number of rotatable bonds is 7. The molecule has 0 aromatic heterocycles. The van der Waals surface area contributed by atoms with Crippen molar-refractivity contribution in [3.05, 3.63) is 0 Å². The number of sulfonamides is 1. The van der Waals surface area contributed by atoms with Crippen LogP contribution >= 0.6 is 0 Å². The summed E-state index contributed by atoms with van der Waals surface area (Å²) in [5.74, 6) is -1.86. The van der Waals surface area contributed by atoms with Crippen molar-refractivity contribution in [3.8, 4) is 0 Å². The van der Waals surface area contributed by atoms with E-state index in [0.29, 0.717) is 12.8 Å². The summed E-state index contributed by atoms with van der Waals surface area (Å²) in [7, 11) is -2.38. The first-order valence-corrected chi connectivity index (χ1v) is 6.72. The summed E-state index contributed by atoms with van der Waals surface area (Å²) in [4.78, 5) is 21.7. The van der Waals surface area contributed by atoms with Crippen LogP contribution in [0.4, 0.5) is 0 Å². The molecule has 0 unspecified atom stereocenters. The second kappa shape index (κ2) is 5.46. The van der Waals surface area contributed by atoms with Crippen LogP contribution in [-0.4, -0.2) is 43.9 Å². The highest BCUT2D eigenvalue weighted by Gasteiger charge is 2.38. The van der Waals surface area contributed by atoms with E-state index in [-0.39, 0.29) is 12.8 Å². The predicted octanol–water partition coefficient (Wildman–Crippen LogP) is -0.525. The van der Waals surface area contributed by atoms with Gasteiger partial charge in [-0.2, -0.15) is 0 Å². The fourth-order valence-electron chi connectivity index (χ4n) is 1.27. The van der Waals surface area contributed by atoms with Crippen LogP contribution in [0.1, 0.15) is 25.7 Å². The van der Waals surface area contributed by atoms with E-state index in [4.69, 9.17) is 5.11 Å². The van der Waals surface area contributed by atoms with Crippen LogP contribution in [0.5, 0.6) is 0 Å². The van der Waals surface area contributed by atoms with Crippen molar-refractivity contribution in [1.29, 1.82) is 0 Å². The van der Waals surface area contributed by atoms with Gasteiger partial charge in [-0.25, -0.2) is 13.1 Å². The van der Waals surface area contributed by atoms with E-state index in [1.54, 1.807) is 0 Å². The molecule has 0 bridgehead atoms. The molecule has 0 radical (unpaired) electrons. The Morgan fingerprint density at radius 2 is 2.06 bits per heavy atom. The number of ether oxygens (including phenoxy) is 1. The van der Waals surface area contributed by atoms with Gasteiger partial charge in [-0.1, -0.05) is 0 Å². The molecule has 1 atom stereocenters. The maximum atomic E-state index is 11.5. The molecule has 0 amide bonds. The van der Waals surface area contributed by atoms with Crippen molar-refractivity contribution in [1.82, 2.24) is 4.72 Å². The Bertz CT molecular complexity index is 400. The summed E-state index contributed by atoms with van der Waals surface area (Å²) in [6, 6.07) is -1.28. The molecule has 0 spiro atoms. The third-order valence-corrected chi connectivity index (χ3v) is 4.39. The number of hydrogen-bond acceptors (Lipinski definition) is 5. The maximum absolute atomic E-state index is 11.5. The normalized spacial score (nSPS) is 17.5. The third-order valence-electron chi connectivity index (χ3n) is 2.43. The Hall–Kier alpha value is -1.15. The van der Waals surface area contributed by atoms with Crippen molar-refractivity contribution < 1.29 is 27.9 Å². The molecule has 1 aliphatic carbocycles. The minimum absolute atomic E-state index is 0.117. The highest BCUT2D eigenvalue weighted by Crippen LogP contribution is 2.27. The zero-order valence-electron chi connectivity index (χ0n) is 9.38. The van der Waals surface area contributed by atoms with E-state index in [1.807, 2.05) is 0 Å². The van der Waals surface area contributed by atoms with Gasteiger partial charge in [-0.3, -0.25) is 9.59 Å². The average molecular weight is 265 g/mol. The summed E-state index contributed by atoms with van der Waals surface area (Å²) >= 11 is 0. The van der Waals surface area contributed by atoms with Gasteiger partial charge in [0, 0.05) is 6.42 Å². The van der Waals surface area contributed by atoms with Crippen molar-refractivity contribution in [2.24, 2.45) is 0 Å². The van der Waals surface area contributed by atoms with E-state index in [2.05, 4.69) is 9.46 Å². The fraction of sp³-hybridized carbons (Fsp3) is 0.778. The van der Waals surface area contributed by atoms with Crippen molar-refractivity contribution in [2.45, 2.75) is 37.0 Å². The lowest BCUT2D eigenvalue weighted by molar-refractivity contribution is -0.142. The van der Waals surface area contributed by atoms with Crippen LogP contribution in [0.2, 0.25) is 0 Å². The van der Waals surface area contributed by atoms with Gasteiger partial charge in [-0.05, 0) is 19.3 Å². The van der Waals surface area contributed by atoms with Crippen molar-refractivity contribution in [2.75, 3.05) is 7.11 Å². The van der Waals surface area contributed by atoms with Crippen molar-refractivity contribution in [3.63, 3.8) is 0 Å². The second-order valence-electron chi connectivity index (χ2n) is 3.87. The molecule has 98 valence electrons. The quantitative estimate of drug-likeness (QED) is 0.599. The molecule has 1 aliphatic rings. The van der Waals surface area contributed by atoms with Gasteiger partial charge in [0.15, 0.2) is 0 Å². The largest absolute Gasteiger partial charge is 0.480 e. The Morgan fingerprint density at radius 3 is 2.47 bits per heavy atom. The predicted molar refractivity (Wildman–Crippen MR) is 57.8 cm³/mol. The molecule has 1 fully saturated rings. The molecule has 2 N–H and O–H groups in total. The van der Waals surface area contributed by atoms with E-state index >= 15 is 0 Å². The average Bonchev–Trinajstić information content (AvgIpc) is 3.06. The standard InChI is InChI=1S/C9H15NO6S/c1-16-8(11)5-4-7(9(12)13)10-17(14,15)6-2-3-6/h6-7,10H,2-5H2,1H3,(H,12,13)/t7-/m1/s1. The molecule has 1 rings (SSSR count). The number of carbonyl (C=O) groups is 2. The zero-order chi connectivity index (χ0) is 13.1. The molecule has 17 heavy (non-hydrogen) atoms. The molecule has 1 saturated carbocycles. The zero-order valence-corrected chi connectivity index (χ0v) is 10.2. The summed E-state index contributed by atoms with van der Waals surface area (Å²) in [5.41, 5.74) is 0. The van der Waals surface area contributed by atoms with Crippen LogP contribution < -0.4 is 4.72 Å². The number of methoxy groups -OCH3 is 1. The van der Waals surface area contributed by atoms with Crippen molar-refractivity contribution >= 4 is 22.0 Å². The lowest BCUT2D eigenvalue weighted by atomic mass is 10.2. The first-order chi connectivity index (χ1) is 7.86. The monoisotopic (exact) mass is 265 g/mol. The van der Waals surface area contributed by atoms with Gasteiger partial charge in [0.2, 0.25) is 10.0 Å². The molecule has 0 aromatic carbocycles. The smallest absolute Gasteiger partial charge is 0.321 e. The molecular weight excluding hydrogens is 250 g/mol. The number of aliphatic carboxylic acids is 1. The summed E-state index contributed by atoms with van der Waals surface area (Å²) in [5, 5.41) is 8.36. The van der Waals surface area contributed by atoms with Crippen LogP contribution in [0.3, 0.4) is 0 Å². The Kier molecular flexibility index (Phi) is 4.47. The number of carboxylic acids is 1. The number of carbonyl (C=O) groups excluding carboxylic acids is 1. The van der Waals surface area contributed by atoms with Crippen LogP contribution in [0.25, 0.3) is 0 Å². The SMILES string of the molecule is COC(=O)CC[C@@H](NS(=O)(=O)C1CC1)C(=O)O. The van der Waals surface area contributed by atoms with Gasteiger partial charge >= 0.3 is 11.9 Å². The molecule has 0 aromatic rings. The number of nitrogens with one attached hydrogen (secondary N) is 1. The molecule has 0 saturated heterocycles. The van der Waals surface area contributed by atoms with Gasteiger partial charge in [-0.15, -0.1) is 0 Å². The molecule has 7 nitrogen and oxygen atoms in total.